The second-order valence-corrected chi connectivity index (χ2v) is 5.75. The standard InChI is InChI=1S/C15H13BrFN3O/c16-10-3-2-9(6-11(10)17)19-14-5-8-1-4-15(21)20-13(8)7-12(14)18/h2-3,5-7,19H,1,4,18H2,(H,20,21). The summed E-state index contributed by atoms with van der Waals surface area (Å²) in [5.41, 5.74) is 9.57. The predicted octanol–water partition coefficient (Wildman–Crippen LogP) is 3.80. The lowest BCUT2D eigenvalue weighted by molar-refractivity contribution is -0.116. The molecule has 1 aliphatic heterocycles. The zero-order valence-electron chi connectivity index (χ0n) is 11.0. The van der Waals surface area contributed by atoms with E-state index in [4.69, 9.17) is 5.73 Å². The quantitative estimate of drug-likeness (QED) is 0.722. The molecule has 4 N–H and O–H groups in total. The Hall–Kier alpha value is -2.08. The number of nitrogens with one attached hydrogen (secondary N) is 2. The summed E-state index contributed by atoms with van der Waals surface area (Å²) < 4.78 is 13.9. The van der Waals surface area contributed by atoms with Crippen molar-refractivity contribution in [1.82, 2.24) is 0 Å². The van der Waals surface area contributed by atoms with E-state index in [0.717, 1.165) is 11.3 Å². The molecule has 0 fully saturated rings. The number of fused-ring (bicyclic) bond motifs is 1. The fraction of sp³-hybridized carbons (Fsp3) is 0.133. The minimum atomic E-state index is -0.344. The lowest BCUT2D eigenvalue weighted by Gasteiger charge is -2.20. The molecule has 0 unspecified atom stereocenters. The third-order valence-electron chi connectivity index (χ3n) is 3.37. The molecule has 0 atom stereocenters. The number of hydrogen-bond donors (Lipinski definition) is 3. The van der Waals surface area contributed by atoms with Gasteiger partial charge in [0.15, 0.2) is 0 Å². The number of carbonyl (C=O) groups is 1. The van der Waals surface area contributed by atoms with Gasteiger partial charge in [-0.15, -0.1) is 0 Å². The summed E-state index contributed by atoms with van der Waals surface area (Å²) in [4.78, 5) is 11.4. The van der Waals surface area contributed by atoms with Crippen LogP contribution < -0.4 is 16.4 Å². The Bertz CT molecular complexity index is 733. The maximum Gasteiger partial charge on any atom is 0.224 e. The van der Waals surface area contributed by atoms with Crippen LogP contribution in [0.15, 0.2) is 34.8 Å². The fourth-order valence-electron chi connectivity index (χ4n) is 2.28. The van der Waals surface area contributed by atoms with E-state index >= 15 is 0 Å². The van der Waals surface area contributed by atoms with Crippen LogP contribution in [0.3, 0.4) is 0 Å². The lowest BCUT2D eigenvalue weighted by atomic mass is 10.0. The van der Waals surface area contributed by atoms with Crippen molar-refractivity contribution in [3.05, 3.63) is 46.2 Å². The minimum absolute atomic E-state index is 0.00223. The highest BCUT2D eigenvalue weighted by Gasteiger charge is 2.16. The highest BCUT2D eigenvalue weighted by Crippen LogP contribution is 2.33. The number of carbonyl (C=O) groups excluding carboxylic acids is 1. The van der Waals surface area contributed by atoms with Crippen LogP contribution in [-0.2, 0) is 11.2 Å². The monoisotopic (exact) mass is 349 g/mol. The van der Waals surface area contributed by atoms with Crippen LogP contribution in [0.25, 0.3) is 0 Å². The summed E-state index contributed by atoms with van der Waals surface area (Å²) in [7, 11) is 0. The largest absolute Gasteiger partial charge is 0.397 e. The van der Waals surface area contributed by atoms with E-state index in [1.807, 2.05) is 6.07 Å². The Kier molecular flexibility index (Phi) is 3.55. The molecule has 0 bridgehead atoms. The molecule has 0 saturated heterocycles. The van der Waals surface area contributed by atoms with Crippen molar-refractivity contribution in [2.45, 2.75) is 12.8 Å². The van der Waals surface area contributed by atoms with E-state index in [9.17, 15) is 9.18 Å². The molecule has 0 radical (unpaired) electrons. The van der Waals surface area contributed by atoms with E-state index in [1.165, 1.54) is 6.07 Å². The first-order valence-electron chi connectivity index (χ1n) is 6.47. The minimum Gasteiger partial charge on any atom is -0.397 e. The first-order valence-corrected chi connectivity index (χ1v) is 7.26. The molecule has 3 rings (SSSR count). The molecule has 4 nitrogen and oxygen atoms in total. The molecule has 0 saturated carbocycles. The van der Waals surface area contributed by atoms with Crippen LogP contribution in [-0.4, -0.2) is 5.91 Å². The van der Waals surface area contributed by atoms with E-state index in [0.29, 0.717) is 34.4 Å². The second kappa shape index (κ2) is 5.37. The van der Waals surface area contributed by atoms with Crippen molar-refractivity contribution in [2.24, 2.45) is 0 Å². The summed E-state index contributed by atoms with van der Waals surface area (Å²) in [6.07, 6.45) is 1.13. The van der Waals surface area contributed by atoms with Gasteiger partial charge in [0.2, 0.25) is 5.91 Å². The molecular weight excluding hydrogens is 337 g/mol. The van der Waals surface area contributed by atoms with Crippen molar-refractivity contribution in [3.8, 4) is 0 Å². The normalized spacial score (nSPS) is 13.5. The number of amides is 1. The maximum absolute atomic E-state index is 13.5. The third kappa shape index (κ3) is 2.85. The van der Waals surface area contributed by atoms with Gasteiger partial charge in [0.25, 0.3) is 0 Å². The van der Waals surface area contributed by atoms with Gasteiger partial charge in [0.05, 0.1) is 15.8 Å². The first kappa shape index (κ1) is 13.9. The van der Waals surface area contributed by atoms with Crippen LogP contribution in [0, 0.1) is 5.82 Å². The van der Waals surface area contributed by atoms with Crippen LogP contribution in [0.4, 0.5) is 27.1 Å². The zero-order chi connectivity index (χ0) is 15.0. The van der Waals surface area contributed by atoms with Crippen LogP contribution in [0.5, 0.6) is 0 Å². The molecular formula is C15H13BrFN3O. The number of hydrogen-bond acceptors (Lipinski definition) is 3. The molecule has 2 aromatic rings. The molecule has 0 aliphatic carbocycles. The Labute approximate surface area is 129 Å². The Morgan fingerprint density at radius 3 is 2.81 bits per heavy atom. The summed E-state index contributed by atoms with van der Waals surface area (Å²) in [6.45, 7) is 0. The molecule has 21 heavy (non-hydrogen) atoms. The summed E-state index contributed by atoms with van der Waals surface area (Å²) >= 11 is 3.12. The lowest BCUT2D eigenvalue weighted by Crippen LogP contribution is -2.19. The first-order chi connectivity index (χ1) is 10.0. The smallest absolute Gasteiger partial charge is 0.224 e. The maximum atomic E-state index is 13.5. The van der Waals surface area contributed by atoms with Gasteiger partial charge >= 0.3 is 0 Å². The number of nitrogens with two attached hydrogens (primary N) is 1. The topological polar surface area (TPSA) is 67.1 Å². The number of anilines is 4. The summed E-state index contributed by atoms with van der Waals surface area (Å²) in [6, 6.07) is 8.40. The molecule has 0 spiro atoms. The summed E-state index contributed by atoms with van der Waals surface area (Å²) in [5.74, 6) is -0.346. The molecule has 1 amide bonds. The van der Waals surface area contributed by atoms with Crippen molar-refractivity contribution < 1.29 is 9.18 Å². The Balaban J connectivity index is 1.92. The third-order valence-corrected chi connectivity index (χ3v) is 4.01. The van der Waals surface area contributed by atoms with Gasteiger partial charge in [0.1, 0.15) is 5.82 Å². The van der Waals surface area contributed by atoms with E-state index < -0.39 is 0 Å². The Morgan fingerprint density at radius 2 is 2.05 bits per heavy atom. The van der Waals surface area contributed by atoms with E-state index in [-0.39, 0.29) is 11.7 Å². The molecule has 0 aromatic heterocycles. The van der Waals surface area contributed by atoms with Gasteiger partial charge in [-0.25, -0.2) is 4.39 Å². The second-order valence-electron chi connectivity index (χ2n) is 4.90. The van der Waals surface area contributed by atoms with Gasteiger partial charge in [-0.3, -0.25) is 4.79 Å². The highest BCUT2D eigenvalue weighted by molar-refractivity contribution is 9.10. The average molecular weight is 350 g/mol. The van der Waals surface area contributed by atoms with Crippen LogP contribution >= 0.6 is 15.9 Å². The molecule has 108 valence electrons. The zero-order valence-corrected chi connectivity index (χ0v) is 12.6. The fourth-order valence-corrected chi connectivity index (χ4v) is 2.53. The van der Waals surface area contributed by atoms with Gasteiger partial charge in [-0.2, -0.15) is 0 Å². The van der Waals surface area contributed by atoms with E-state index in [2.05, 4.69) is 26.6 Å². The molecule has 1 heterocycles. The number of halogens is 2. The molecule has 2 aromatic carbocycles. The van der Waals surface area contributed by atoms with Crippen LogP contribution in [0.1, 0.15) is 12.0 Å². The average Bonchev–Trinajstić information content (AvgIpc) is 2.44. The number of benzene rings is 2. The number of rotatable bonds is 2. The highest BCUT2D eigenvalue weighted by atomic mass is 79.9. The van der Waals surface area contributed by atoms with Gasteiger partial charge in [0, 0.05) is 17.8 Å². The van der Waals surface area contributed by atoms with Crippen molar-refractivity contribution in [1.29, 1.82) is 0 Å². The van der Waals surface area contributed by atoms with Crippen molar-refractivity contribution in [3.63, 3.8) is 0 Å². The SMILES string of the molecule is Nc1cc2c(cc1Nc1ccc(Br)c(F)c1)CCC(=O)N2. The predicted molar refractivity (Wildman–Crippen MR) is 85.2 cm³/mol. The van der Waals surface area contributed by atoms with Crippen molar-refractivity contribution >= 4 is 44.6 Å². The van der Waals surface area contributed by atoms with Gasteiger partial charge in [-0.1, -0.05) is 0 Å². The Morgan fingerprint density at radius 1 is 1.24 bits per heavy atom. The number of aryl methyl sites for hydroxylation is 1. The van der Waals surface area contributed by atoms with Crippen molar-refractivity contribution in [2.75, 3.05) is 16.4 Å². The molecule has 6 heteroatoms. The summed E-state index contributed by atoms with van der Waals surface area (Å²) in [5, 5.41) is 5.90. The van der Waals surface area contributed by atoms with Gasteiger partial charge in [-0.05, 0) is 58.2 Å². The molecule has 1 aliphatic rings. The van der Waals surface area contributed by atoms with Crippen LogP contribution in [0.2, 0.25) is 0 Å². The van der Waals surface area contributed by atoms with Gasteiger partial charge < -0.3 is 16.4 Å². The van der Waals surface area contributed by atoms with E-state index in [1.54, 1.807) is 18.2 Å². The number of nitrogen functional groups attached to an aromatic ring is 1.